The number of aryl methyl sites for hydroxylation is 2. The zero-order chi connectivity index (χ0) is 18.0. The van der Waals surface area contributed by atoms with E-state index in [9.17, 15) is 9.90 Å². The van der Waals surface area contributed by atoms with Crippen molar-refractivity contribution in [2.75, 3.05) is 0 Å². The van der Waals surface area contributed by atoms with Gasteiger partial charge in [0.1, 0.15) is 0 Å². The number of aromatic nitrogens is 3. The zero-order valence-corrected chi connectivity index (χ0v) is 14.9. The van der Waals surface area contributed by atoms with Gasteiger partial charge in [0, 0.05) is 18.4 Å². The molecule has 25 heavy (non-hydrogen) atoms. The molecule has 0 bridgehead atoms. The van der Waals surface area contributed by atoms with Crippen molar-refractivity contribution in [3.8, 4) is 0 Å². The molecule has 1 aliphatic rings. The van der Waals surface area contributed by atoms with Crippen molar-refractivity contribution in [2.24, 2.45) is 11.7 Å². The highest BCUT2D eigenvalue weighted by Crippen LogP contribution is 2.36. The Morgan fingerprint density at radius 2 is 2.00 bits per heavy atom. The molecule has 3 rings (SSSR count). The van der Waals surface area contributed by atoms with Gasteiger partial charge in [0.25, 0.3) is 5.91 Å². The summed E-state index contributed by atoms with van der Waals surface area (Å²) in [7, 11) is 0. The number of hydrogen-bond acceptors (Lipinski definition) is 4. The van der Waals surface area contributed by atoms with Crippen molar-refractivity contribution in [1.29, 1.82) is 0 Å². The highest BCUT2D eigenvalue weighted by molar-refractivity contribution is 5.93. The summed E-state index contributed by atoms with van der Waals surface area (Å²) in [6.45, 7) is 4.65. The maximum absolute atomic E-state index is 11.5. The zero-order valence-electron chi connectivity index (χ0n) is 14.9. The number of nitrogens with two attached hydrogens (primary N) is 1. The molecule has 0 spiro atoms. The number of aliphatic hydroxyl groups is 1. The number of pyridine rings is 1. The number of aliphatic hydroxyl groups excluding tert-OH is 1. The summed E-state index contributed by atoms with van der Waals surface area (Å²) in [4.78, 5) is 15.9. The lowest BCUT2D eigenvalue weighted by Crippen LogP contribution is -2.21. The summed E-state index contributed by atoms with van der Waals surface area (Å²) in [6.07, 6.45) is 6.24. The van der Waals surface area contributed by atoms with Crippen molar-refractivity contribution in [1.82, 2.24) is 14.8 Å². The van der Waals surface area contributed by atoms with Crippen LogP contribution in [0.25, 0.3) is 0 Å². The normalized spacial score (nSPS) is 20.6. The van der Waals surface area contributed by atoms with Crippen LogP contribution in [0.2, 0.25) is 0 Å². The second-order valence-corrected chi connectivity index (χ2v) is 7.10. The second kappa shape index (κ2) is 7.35. The molecular formula is C19H26N4O2. The highest BCUT2D eigenvalue weighted by Gasteiger charge is 2.24. The molecule has 0 radical (unpaired) electrons. The number of nitrogens with zero attached hydrogens (tertiary/aromatic N) is 3. The van der Waals surface area contributed by atoms with E-state index in [2.05, 4.69) is 10.1 Å². The molecule has 6 heteroatoms. The third-order valence-electron chi connectivity index (χ3n) is 5.27. The third-order valence-corrected chi connectivity index (χ3v) is 5.27. The molecule has 2 aromatic rings. The van der Waals surface area contributed by atoms with E-state index >= 15 is 0 Å². The SMILES string of the molecule is Cc1cc(CO)n(CC2CCC(c3cnc(C)c(C(N)=O)c3)CC2)n1. The van der Waals surface area contributed by atoms with Gasteiger partial charge in [-0.2, -0.15) is 5.10 Å². The first kappa shape index (κ1) is 17.6. The quantitative estimate of drug-likeness (QED) is 0.873. The number of primary amides is 1. The Labute approximate surface area is 148 Å². The fourth-order valence-electron chi connectivity index (χ4n) is 3.83. The van der Waals surface area contributed by atoms with E-state index < -0.39 is 5.91 Å². The Kier molecular flexibility index (Phi) is 5.18. The van der Waals surface area contributed by atoms with E-state index in [-0.39, 0.29) is 6.61 Å². The summed E-state index contributed by atoms with van der Waals surface area (Å²) < 4.78 is 1.94. The molecule has 0 aliphatic heterocycles. The molecule has 0 aromatic carbocycles. The van der Waals surface area contributed by atoms with Crippen LogP contribution in [-0.2, 0) is 13.2 Å². The minimum atomic E-state index is -0.411. The lowest BCUT2D eigenvalue weighted by Gasteiger charge is -2.29. The van der Waals surface area contributed by atoms with E-state index in [1.807, 2.05) is 36.9 Å². The monoisotopic (exact) mass is 342 g/mol. The first-order valence-corrected chi connectivity index (χ1v) is 8.88. The molecule has 1 amide bonds. The van der Waals surface area contributed by atoms with Crippen LogP contribution in [0.15, 0.2) is 18.3 Å². The largest absolute Gasteiger partial charge is 0.390 e. The summed E-state index contributed by atoms with van der Waals surface area (Å²) in [5, 5.41) is 13.9. The van der Waals surface area contributed by atoms with Gasteiger partial charge in [-0.25, -0.2) is 0 Å². The number of hydrogen-bond donors (Lipinski definition) is 2. The Morgan fingerprint density at radius 3 is 2.64 bits per heavy atom. The smallest absolute Gasteiger partial charge is 0.250 e. The standard InChI is InChI=1S/C19H26N4O2/c1-12-7-17(11-24)23(22-12)10-14-3-5-15(6-4-14)16-8-18(19(20)25)13(2)21-9-16/h7-9,14-15,24H,3-6,10-11H2,1-2H3,(H2,20,25). The summed E-state index contributed by atoms with van der Waals surface area (Å²) in [6, 6.07) is 3.85. The minimum Gasteiger partial charge on any atom is -0.390 e. The van der Waals surface area contributed by atoms with Gasteiger partial charge in [0.2, 0.25) is 0 Å². The van der Waals surface area contributed by atoms with Gasteiger partial charge >= 0.3 is 0 Å². The van der Waals surface area contributed by atoms with E-state index in [0.29, 0.717) is 23.1 Å². The number of carbonyl (C=O) groups excluding carboxylic acids is 1. The van der Waals surface area contributed by atoms with Crippen molar-refractivity contribution < 1.29 is 9.90 Å². The highest BCUT2D eigenvalue weighted by atomic mass is 16.3. The average molecular weight is 342 g/mol. The van der Waals surface area contributed by atoms with E-state index in [1.165, 1.54) is 0 Å². The van der Waals surface area contributed by atoms with Crippen LogP contribution in [0.4, 0.5) is 0 Å². The Hall–Kier alpha value is -2.21. The van der Waals surface area contributed by atoms with Gasteiger partial charge in [0.15, 0.2) is 0 Å². The first-order valence-electron chi connectivity index (χ1n) is 8.88. The van der Waals surface area contributed by atoms with Crippen LogP contribution >= 0.6 is 0 Å². The van der Waals surface area contributed by atoms with Gasteiger partial charge in [-0.3, -0.25) is 14.5 Å². The molecule has 1 fully saturated rings. The van der Waals surface area contributed by atoms with E-state index in [4.69, 9.17) is 5.73 Å². The Bertz CT molecular complexity index is 761. The predicted octanol–water partition coefficient (Wildman–Crippen LogP) is 2.46. The van der Waals surface area contributed by atoms with Crippen LogP contribution in [0.1, 0.15) is 64.6 Å². The summed E-state index contributed by atoms with van der Waals surface area (Å²) >= 11 is 0. The van der Waals surface area contributed by atoms with Crippen molar-refractivity contribution in [3.63, 3.8) is 0 Å². The average Bonchev–Trinajstić information content (AvgIpc) is 2.95. The van der Waals surface area contributed by atoms with Crippen molar-refractivity contribution >= 4 is 5.91 Å². The van der Waals surface area contributed by atoms with Gasteiger partial charge in [-0.15, -0.1) is 0 Å². The molecule has 2 aromatic heterocycles. The van der Waals surface area contributed by atoms with Crippen LogP contribution in [0.3, 0.4) is 0 Å². The van der Waals surface area contributed by atoms with Crippen molar-refractivity contribution in [3.05, 3.63) is 46.5 Å². The van der Waals surface area contributed by atoms with Crippen LogP contribution in [-0.4, -0.2) is 25.8 Å². The fraction of sp³-hybridized carbons (Fsp3) is 0.526. The topological polar surface area (TPSA) is 94.0 Å². The Morgan fingerprint density at radius 1 is 1.28 bits per heavy atom. The maximum Gasteiger partial charge on any atom is 0.250 e. The lowest BCUT2D eigenvalue weighted by atomic mass is 9.79. The number of carbonyl (C=O) groups is 1. The molecule has 0 saturated heterocycles. The van der Waals surface area contributed by atoms with E-state index in [1.54, 1.807) is 0 Å². The molecular weight excluding hydrogens is 316 g/mol. The molecule has 0 atom stereocenters. The Balaban J connectivity index is 1.64. The maximum atomic E-state index is 11.5. The van der Waals surface area contributed by atoms with E-state index in [0.717, 1.165) is 49.2 Å². The molecule has 1 saturated carbocycles. The molecule has 2 heterocycles. The van der Waals surface area contributed by atoms with Crippen LogP contribution in [0, 0.1) is 19.8 Å². The van der Waals surface area contributed by atoms with Gasteiger partial charge in [0.05, 0.1) is 23.6 Å². The molecule has 134 valence electrons. The van der Waals surface area contributed by atoms with Crippen LogP contribution in [0.5, 0.6) is 0 Å². The molecule has 1 aliphatic carbocycles. The number of rotatable bonds is 5. The fourth-order valence-corrected chi connectivity index (χ4v) is 3.83. The summed E-state index contributed by atoms with van der Waals surface area (Å²) in [5.41, 5.74) is 9.60. The lowest BCUT2D eigenvalue weighted by molar-refractivity contribution is 0.0999. The van der Waals surface area contributed by atoms with Gasteiger partial charge in [-0.1, -0.05) is 0 Å². The van der Waals surface area contributed by atoms with Crippen molar-refractivity contribution in [2.45, 2.75) is 58.6 Å². The van der Waals surface area contributed by atoms with Crippen LogP contribution < -0.4 is 5.73 Å². The molecule has 0 unspecified atom stereocenters. The number of amides is 1. The molecule has 3 N–H and O–H groups in total. The summed E-state index contributed by atoms with van der Waals surface area (Å²) in [5.74, 6) is 0.583. The predicted molar refractivity (Wildman–Crippen MR) is 95.1 cm³/mol. The third kappa shape index (κ3) is 3.90. The second-order valence-electron chi connectivity index (χ2n) is 7.10. The van der Waals surface area contributed by atoms with Gasteiger partial charge < -0.3 is 10.8 Å². The first-order chi connectivity index (χ1) is 12.0. The molecule has 6 nitrogen and oxygen atoms in total. The minimum absolute atomic E-state index is 0.0289. The van der Waals surface area contributed by atoms with Gasteiger partial charge in [-0.05, 0) is 69.1 Å².